The standard InChI is InChI=1S/C23H19N3/c1-14-4-3-5-18(10-14)23-25-21-9-7-17(13-22(21)26-23)16-6-8-20-19(12-16)11-15(2)24-20/h3-10,12-13H,11H2,1-2H3,(H,25,26). The molecule has 1 aliphatic rings. The van der Waals surface area contributed by atoms with Gasteiger partial charge in [-0.05, 0) is 60.9 Å². The Morgan fingerprint density at radius 2 is 1.69 bits per heavy atom. The van der Waals surface area contributed by atoms with E-state index < -0.39 is 0 Å². The first-order valence-electron chi connectivity index (χ1n) is 8.90. The summed E-state index contributed by atoms with van der Waals surface area (Å²) in [6.07, 6.45) is 0.951. The van der Waals surface area contributed by atoms with Crippen molar-refractivity contribution in [2.75, 3.05) is 0 Å². The van der Waals surface area contributed by atoms with Gasteiger partial charge in [0.15, 0.2) is 0 Å². The molecule has 5 rings (SSSR count). The van der Waals surface area contributed by atoms with E-state index in [9.17, 15) is 0 Å². The number of imidazole rings is 1. The van der Waals surface area contributed by atoms with Crippen LogP contribution >= 0.6 is 0 Å². The van der Waals surface area contributed by atoms with Gasteiger partial charge in [0.05, 0.1) is 16.7 Å². The molecule has 0 amide bonds. The number of fused-ring (bicyclic) bond motifs is 2. The van der Waals surface area contributed by atoms with Gasteiger partial charge in [-0.2, -0.15) is 0 Å². The quantitative estimate of drug-likeness (QED) is 0.489. The highest BCUT2D eigenvalue weighted by atomic mass is 14.9. The lowest BCUT2D eigenvalue weighted by Crippen LogP contribution is -1.89. The normalized spacial score (nSPS) is 13.1. The fourth-order valence-electron chi connectivity index (χ4n) is 3.65. The van der Waals surface area contributed by atoms with Crippen molar-refractivity contribution in [2.45, 2.75) is 20.3 Å². The molecular weight excluding hydrogens is 318 g/mol. The maximum absolute atomic E-state index is 4.75. The Kier molecular flexibility index (Phi) is 3.29. The van der Waals surface area contributed by atoms with E-state index in [-0.39, 0.29) is 0 Å². The first-order valence-corrected chi connectivity index (χ1v) is 8.90. The van der Waals surface area contributed by atoms with Crippen molar-refractivity contribution in [1.82, 2.24) is 9.97 Å². The summed E-state index contributed by atoms with van der Waals surface area (Å²) in [5.41, 5.74) is 10.4. The SMILES string of the molecule is CC1=Nc2ccc(-c3ccc4nc(-c5cccc(C)c5)[nH]c4c3)cc2C1. The molecule has 4 aromatic rings. The minimum atomic E-state index is 0.916. The molecule has 0 unspecified atom stereocenters. The Morgan fingerprint density at radius 1 is 0.846 bits per heavy atom. The number of aromatic nitrogens is 2. The number of H-pyrrole nitrogens is 1. The van der Waals surface area contributed by atoms with Crippen molar-refractivity contribution in [1.29, 1.82) is 0 Å². The maximum atomic E-state index is 4.75. The van der Waals surface area contributed by atoms with Crippen LogP contribution in [0.4, 0.5) is 5.69 Å². The van der Waals surface area contributed by atoms with E-state index in [1.165, 1.54) is 28.0 Å². The second kappa shape index (κ2) is 5.67. The van der Waals surface area contributed by atoms with Crippen LogP contribution in [0.1, 0.15) is 18.1 Å². The molecule has 0 radical (unpaired) electrons. The van der Waals surface area contributed by atoms with Gasteiger partial charge in [0.25, 0.3) is 0 Å². The van der Waals surface area contributed by atoms with E-state index in [1.807, 2.05) is 0 Å². The van der Waals surface area contributed by atoms with Crippen LogP contribution in [0.25, 0.3) is 33.5 Å². The fraction of sp³-hybridized carbons (Fsp3) is 0.130. The molecule has 3 aromatic carbocycles. The summed E-state index contributed by atoms with van der Waals surface area (Å²) < 4.78 is 0. The number of nitrogens with one attached hydrogen (secondary N) is 1. The fourth-order valence-corrected chi connectivity index (χ4v) is 3.65. The second-order valence-electron chi connectivity index (χ2n) is 7.05. The predicted molar refractivity (Wildman–Crippen MR) is 108 cm³/mol. The van der Waals surface area contributed by atoms with Gasteiger partial charge in [-0.15, -0.1) is 0 Å². The largest absolute Gasteiger partial charge is 0.338 e. The van der Waals surface area contributed by atoms with Crippen molar-refractivity contribution < 1.29 is 0 Å². The van der Waals surface area contributed by atoms with Crippen molar-refractivity contribution in [3.8, 4) is 22.5 Å². The van der Waals surface area contributed by atoms with E-state index in [0.717, 1.165) is 34.5 Å². The summed E-state index contributed by atoms with van der Waals surface area (Å²) in [5.74, 6) is 0.916. The van der Waals surface area contributed by atoms with E-state index in [4.69, 9.17) is 4.98 Å². The molecule has 1 aliphatic heterocycles. The molecule has 0 bridgehead atoms. The predicted octanol–water partition coefficient (Wildman–Crippen LogP) is 5.85. The zero-order valence-corrected chi connectivity index (χ0v) is 14.9. The number of nitrogens with zero attached hydrogens (tertiary/aromatic N) is 2. The number of benzene rings is 3. The molecule has 126 valence electrons. The number of aromatic amines is 1. The zero-order chi connectivity index (χ0) is 17.7. The third-order valence-corrected chi connectivity index (χ3v) is 4.94. The summed E-state index contributed by atoms with van der Waals surface area (Å²) in [4.78, 5) is 12.8. The van der Waals surface area contributed by atoms with Gasteiger partial charge < -0.3 is 4.98 Å². The van der Waals surface area contributed by atoms with Gasteiger partial charge in [0.1, 0.15) is 5.82 Å². The Hall–Kier alpha value is -3.20. The minimum Gasteiger partial charge on any atom is -0.338 e. The first-order chi connectivity index (χ1) is 12.7. The first kappa shape index (κ1) is 15.1. The van der Waals surface area contributed by atoms with Crippen LogP contribution in [0.3, 0.4) is 0 Å². The van der Waals surface area contributed by atoms with Crippen LogP contribution in [0.5, 0.6) is 0 Å². The summed E-state index contributed by atoms with van der Waals surface area (Å²) in [7, 11) is 0. The molecule has 0 fully saturated rings. The van der Waals surface area contributed by atoms with Gasteiger partial charge in [-0.25, -0.2) is 4.98 Å². The Bertz CT molecular complexity index is 1180. The zero-order valence-electron chi connectivity index (χ0n) is 14.9. The van der Waals surface area contributed by atoms with Crippen molar-refractivity contribution in [2.24, 2.45) is 4.99 Å². The highest BCUT2D eigenvalue weighted by Crippen LogP contribution is 2.32. The Labute approximate surface area is 152 Å². The van der Waals surface area contributed by atoms with Crippen LogP contribution in [-0.4, -0.2) is 15.7 Å². The molecular formula is C23H19N3. The summed E-state index contributed by atoms with van der Waals surface area (Å²) in [5, 5.41) is 0. The van der Waals surface area contributed by atoms with Crippen LogP contribution in [0, 0.1) is 6.92 Å². The van der Waals surface area contributed by atoms with Gasteiger partial charge in [0.2, 0.25) is 0 Å². The van der Waals surface area contributed by atoms with Crippen molar-refractivity contribution >= 4 is 22.4 Å². The van der Waals surface area contributed by atoms with Crippen LogP contribution < -0.4 is 0 Å². The molecule has 0 saturated heterocycles. The minimum absolute atomic E-state index is 0.916. The molecule has 0 aliphatic carbocycles. The lowest BCUT2D eigenvalue weighted by Gasteiger charge is -2.04. The van der Waals surface area contributed by atoms with Gasteiger partial charge in [0, 0.05) is 17.7 Å². The average molecular weight is 337 g/mol. The molecule has 0 saturated carbocycles. The van der Waals surface area contributed by atoms with Crippen LogP contribution in [0.15, 0.2) is 65.7 Å². The monoisotopic (exact) mass is 337 g/mol. The number of aryl methyl sites for hydroxylation is 1. The lowest BCUT2D eigenvalue weighted by molar-refractivity contribution is 1.32. The molecule has 1 aromatic heterocycles. The molecule has 0 spiro atoms. The summed E-state index contributed by atoms with van der Waals surface area (Å²) in [6, 6.07) is 21.4. The number of hydrogen-bond donors (Lipinski definition) is 1. The molecule has 0 atom stereocenters. The van der Waals surface area contributed by atoms with Crippen LogP contribution in [-0.2, 0) is 6.42 Å². The van der Waals surface area contributed by atoms with E-state index in [2.05, 4.69) is 84.5 Å². The number of aliphatic imine (C=N–C) groups is 1. The average Bonchev–Trinajstić information content (AvgIpc) is 3.22. The molecule has 26 heavy (non-hydrogen) atoms. The molecule has 2 heterocycles. The Morgan fingerprint density at radius 3 is 2.58 bits per heavy atom. The highest BCUT2D eigenvalue weighted by molar-refractivity contribution is 5.93. The van der Waals surface area contributed by atoms with E-state index >= 15 is 0 Å². The maximum Gasteiger partial charge on any atom is 0.138 e. The van der Waals surface area contributed by atoms with Gasteiger partial charge >= 0.3 is 0 Å². The van der Waals surface area contributed by atoms with Crippen LogP contribution in [0.2, 0.25) is 0 Å². The van der Waals surface area contributed by atoms with Gasteiger partial charge in [-0.1, -0.05) is 35.9 Å². The van der Waals surface area contributed by atoms with Crippen molar-refractivity contribution in [3.05, 3.63) is 71.8 Å². The summed E-state index contributed by atoms with van der Waals surface area (Å²) >= 11 is 0. The number of hydrogen-bond acceptors (Lipinski definition) is 2. The molecule has 3 nitrogen and oxygen atoms in total. The third kappa shape index (κ3) is 2.53. The summed E-state index contributed by atoms with van der Waals surface area (Å²) in [6.45, 7) is 4.19. The number of rotatable bonds is 2. The van der Waals surface area contributed by atoms with E-state index in [0.29, 0.717) is 0 Å². The topological polar surface area (TPSA) is 41.0 Å². The van der Waals surface area contributed by atoms with Gasteiger partial charge in [-0.3, -0.25) is 4.99 Å². The molecule has 3 heteroatoms. The second-order valence-corrected chi connectivity index (χ2v) is 7.05. The van der Waals surface area contributed by atoms with E-state index in [1.54, 1.807) is 0 Å². The lowest BCUT2D eigenvalue weighted by atomic mass is 10.0. The molecule has 1 N–H and O–H groups in total. The Balaban J connectivity index is 1.56. The highest BCUT2D eigenvalue weighted by Gasteiger charge is 2.13. The van der Waals surface area contributed by atoms with Crippen molar-refractivity contribution in [3.63, 3.8) is 0 Å². The third-order valence-electron chi connectivity index (χ3n) is 4.94. The smallest absolute Gasteiger partial charge is 0.138 e.